The maximum Gasteiger partial charge on any atom is 0.341 e. The van der Waals surface area contributed by atoms with Gasteiger partial charge in [0.2, 0.25) is 0 Å². The zero-order chi connectivity index (χ0) is 19.1. The average Bonchev–Trinajstić information content (AvgIpc) is 2.64. The van der Waals surface area contributed by atoms with Gasteiger partial charge in [-0.1, -0.05) is 23.9 Å². The zero-order valence-electron chi connectivity index (χ0n) is 14.0. The lowest BCUT2D eigenvalue weighted by atomic mass is 10.1. The van der Waals surface area contributed by atoms with Crippen LogP contribution in [0.2, 0.25) is 0 Å². The number of H-pyrrole nitrogens is 1. The second-order valence-electron chi connectivity index (χ2n) is 4.85. The van der Waals surface area contributed by atoms with E-state index in [9.17, 15) is 14.9 Å². The molecule has 2 rings (SSSR count). The van der Waals surface area contributed by atoms with Gasteiger partial charge in [-0.05, 0) is 24.5 Å². The molecule has 0 aliphatic rings. The number of thioether (sulfide) groups is 1. The first kappa shape index (κ1) is 19.1. The van der Waals surface area contributed by atoms with Crippen molar-refractivity contribution in [1.29, 1.82) is 5.26 Å². The molecule has 8 nitrogen and oxygen atoms in total. The predicted molar refractivity (Wildman–Crippen MR) is 96.4 cm³/mol. The molecule has 0 atom stereocenters. The number of para-hydroxylation sites is 1. The molecule has 1 aromatic carbocycles. The summed E-state index contributed by atoms with van der Waals surface area (Å²) in [5, 5.41) is 18.4. The predicted octanol–water partition coefficient (Wildman–Crippen LogP) is 2.01. The van der Waals surface area contributed by atoms with Gasteiger partial charge in [0.25, 0.3) is 5.56 Å². The molecule has 0 aliphatic carbocycles. The highest BCUT2D eigenvalue weighted by molar-refractivity contribution is 7.98. The number of aromatic amines is 1. The van der Waals surface area contributed by atoms with Crippen LogP contribution in [0.5, 0.6) is 11.5 Å². The summed E-state index contributed by atoms with van der Waals surface area (Å²) in [4.78, 5) is 29.3. The quantitative estimate of drug-likeness (QED) is 0.558. The lowest BCUT2D eigenvalue weighted by molar-refractivity contribution is -0.139. The molecule has 0 aliphatic heterocycles. The van der Waals surface area contributed by atoms with Gasteiger partial charge in [0.15, 0.2) is 23.3 Å². The number of nitrogens with zero attached hydrogens (tertiary/aromatic N) is 2. The molecular weight excluding hydrogens is 358 g/mol. The highest BCUT2D eigenvalue weighted by atomic mass is 32.2. The Labute approximate surface area is 153 Å². The molecule has 0 fully saturated rings. The van der Waals surface area contributed by atoms with Crippen LogP contribution in [-0.4, -0.2) is 41.0 Å². The molecule has 9 heteroatoms. The van der Waals surface area contributed by atoms with Crippen LogP contribution in [0.1, 0.15) is 16.8 Å². The number of carboxylic acids is 1. The van der Waals surface area contributed by atoms with Gasteiger partial charge in [-0.25, -0.2) is 4.79 Å². The normalized spacial score (nSPS) is 10.5. The summed E-state index contributed by atoms with van der Waals surface area (Å²) in [6.07, 6.45) is 4.87. The van der Waals surface area contributed by atoms with Crippen LogP contribution in [0, 0.1) is 11.3 Å². The van der Waals surface area contributed by atoms with E-state index in [1.165, 1.54) is 24.9 Å². The van der Waals surface area contributed by atoms with Gasteiger partial charge in [-0.2, -0.15) is 10.2 Å². The van der Waals surface area contributed by atoms with Crippen molar-refractivity contribution in [3.8, 4) is 17.6 Å². The van der Waals surface area contributed by atoms with E-state index in [0.29, 0.717) is 22.2 Å². The molecule has 1 aromatic heterocycles. The molecule has 0 unspecified atom stereocenters. The van der Waals surface area contributed by atoms with E-state index in [0.717, 1.165) is 0 Å². The Morgan fingerprint density at radius 2 is 2.23 bits per heavy atom. The van der Waals surface area contributed by atoms with Crippen LogP contribution >= 0.6 is 11.8 Å². The Hall–Kier alpha value is -3.25. The second kappa shape index (κ2) is 8.73. The van der Waals surface area contributed by atoms with Crippen molar-refractivity contribution < 1.29 is 19.4 Å². The van der Waals surface area contributed by atoms with E-state index in [1.807, 2.05) is 6.07 Å². The number of aliphatic carboxylic acids is 1. The van der Waals surface area contributed by atoms with Gasteiger partial charge in [-0.15, -0.1) is 0 Å². The second-order valence-corrected chi connectivity index (χ2v) is 5.64. The first-order chi connectivity index (χ1) is 12.5. The molecule has 0 saturated carbocycles. The Kier molecular flexibility index (Phi) is 6.41. The van der Waals surface area contributed by atoms with Gasteiger partial charge in [-0.3, -0.25) is 4.79 Å². The SMILES string of the molecule is COc1cccc(/C=C/c2[nH]c(SC)nc(=O)c2C#N)c1OCC(=O)O. The van der Waals surface area contributed by atoms with Crippen LogP contribution in [0.4, 0.5) is 0 Å². The molecule has 0 bridgehead atoms. The standard InChI is InChI=1S/C17H15N3O5S/c1-24-13-5-3-4-10(15(13)25-9-14(21)22)6-7-12-11(8-18)16(23)20-17(19-12)26-2/h3-7H,9H2,1-2H3,(H,21,22)(H,19,20,23)/b7-6+. The first-order valence-electron chi connectivity index (χ1n) is 7.28. The zero-order valence-corrected chi connectivity index (χ0v) is 14.8. The minimum Gasteiger partial charge on any atom is -0.493 e. The van der Waals surface area contributed by atoms with Crippen LogP contribution in [0.3, 0.4) is 0 Å². The molecule has 26 heavy (non-hydrogen) atoms. The lowest BCUT2D eigenvalue weighted by Gasteiger charge is -2.12. The lowest BCUT2D eigenvalue weighted by Crippen LogP contribution is -2.14. The molecular formula is C17H15N3O5S. The summed E-state index contributed by atoms with van der Waals surface area (Å²) in [7, 11) is 1.44. The van der Waals surface area contributed by atoms with Gasteiger partial charge in [0.05, 0.1) is 12.8 Å². The number of rotatable bonds is 7. The summed E-state index contributed by atoms with van der Waals surface area (Å²) < 4.78 is 10.5. The number of aromatic nitrogens is 2. The summed E-state index contributed by atoms with van der Waals surface area (Å²) in [6.45, 7) is -0.534. The minimum absolute atomic E-state index is 0.116. The van der Waals surface area contributed by atoms with E-state index in [-0.39, 0.29) is 11.3 Å². The third-order valence-corrected chi connectivity index (χ3v) is 3.81. The molecule has 134 valence electrons. The Morgan fingerprint density at radius 1 is 1.46 bits per heavy atom. The summed E-state index contributed by atoms with van der Waals surface area (Å²) in [5.41, 5.74) is 0.0832. The maximum absolute atomic E-state index is 11.9. The van der Waals surface area contributed by atoms with Crippen molar-refractivity contribution in [2.24, 2.45) is 0 Å². The molecule has 0 amide bonds. The topological polar surface area (TPSA) is 125 Å². The van der Waals surface area contributed by atoms with E-state index in [1.54, 1.807) is 30.5 Å². The largest absolute Gasteiger partial charge is 0.493 e. The monoisotopic (exact) mass is 373 g/mol. The number of carboxylic acid groups (broad SMARTS) is 1. The molecule has 0 radical (unpaired) electrons. The molecule has 0 saturated heterocycles. The van der Waals surface area contributed by atoms with Crippen molar-refractivity contribution in [3.05, 3.63) is 45.4 Å². The fourth-order valence-corrected chi connectivity index (χ4v) is 2.47. The Bertz CT molecular complexity index is 946. The fraction of sp³-hybridized carbons (Fsp3) is 0.176. The molecule has 2 aromatic rings. The summed E-state index contributed by atoms with van der Waals surface area (Å²) in [6, 6.07) is 6.86. The smallest absolute Gasteiger partial charge is 0.341 e. The van der Waals surface area contributed by atoms with E-state index in [2.05, 4.69) is 9.97 Å². The number of ether oxygens (including phenoxy) is 2. The third-order valence-electron chi connectivity index (χ3n) is 3.23. The highest BCUT2D eigenvalue weighted by Crippen LogP contribution is 2.32. The maximum atomic E-state index is 11.9. The number of nitriles is 1. The number of benzene rings is 1. The van der Waals surface area contributed by atoms with Crippen LogP contribution in [0.25, 0.3) is 12.2 Å². The summed E-state index contributed by atoms with van der Waals surface area (Å²) in [5.74, 6) is -0.517. The van der Waals surface area contributed by atoms with Crippen molar-refractivity contribution in [3.63, 3.8) is 0 Å². The van der Waals surface area contributed by atoms with E-state index >= 15 is 0 Å². The molecule has 0 spiro atoms. The molecule has 2 N–H and O–H groups in total. The van der Waals surface area contributed by atoms with E-state index < -0.39 is 18.1 Å². The number of hydrogen-bond acceptors (Lipinski definition) is 7. The third kappa shape index (κ3) is 4.43. The van der Waals surface area contributed by atoms with Crippen LogP contribution < -0.4 is 15.0 Å². The number of hydrogen-bond donors (Lipinski definition) is 2. The van der Waals surface area contributed by atoms with Crippen molar-refractivity contribution in [2.45, 2.75) is 5.16 Å². The van der Waals surface area contributed by atoms with Crippen molar-refractivity contribution in [1.82, 2.24) is 9.97 Å². The Morgan fingerprint density at radius 3 is 2.85 bits per heavy atom. The summed E-state index contributed by atoms with van der Waals surface area (Å²) >= 11 is 1.24. The number of methoxy groups -OCH3 is 1. The number of carbonyl (C=O) groups is 1. The van der Waals surface area contributed by atoms with Gasteiger partial charge in [0.1, 0.15) is 11.6 Å². The van der Waals surface area contributed by atoms with Crippen LogP contribution in [-0.2, 0) is 4.79 Å². The minimum atomic E-state index is -1.12. The van der Waals surface area contributed by atoms with E-state index in [4.69, 9.17) is 14.6 Å². The first-order valence-corrected chi connectivity index (χ1v) is 8.50. The van der Waals surface area contributed by atoms with Crippen molar-refractivity contribution >= 4 is 29.9 Å². The Balaban J connectivity index is 2.48. The van der Waals surface area contributed by atoms with Gasteiger partial charge in [0, 0.05) is 5.56 Å². The highest BCUT2D eigenvalue weighted by Gasteiger charge is 2.12. The van der Waals surface area contributed by atoms with Gasteiger partial charge >= 0.3 is 5.97 Å². The number of nitrogens with one attached hydrogen (secondary N) is 1. The fourth-order valence-electron chi connectivity index (χ4n) is 2.08. The van der Waals surface area contributed by atoms with Gasteiger partial charge < -0.3 is 19.6 Å². The average molecular weight is 373 g/mol. The molecule has 1 heterocycles. The van der Waals surface area contributed by atoms with Crippen molar-refractivity contribution in [2.75, 3.05) is 20.0 Å². The van der Waals surface area contributed by atoms with Crippen LogP contribution in [0.15, 0.2) is 28.2 Å².